The lowest BCUT2D eigenvalue weighted by Gasteiger charge is -2.35. The molecule has 0 saturated heterocycles. The van der Waals surface area contributed by atoms with Crippen molar-refractivity contribution >= 4 is 22.7 Å². The van der Waals surface area contributed by atoms with E-state index in [4.69, 9.17) is 0 Å². The van der Waals surface area contributed by atoms with Crippen LogP contribution in [0.4, 0.5) is 22.7 Å². The van der Waals surface area contributed by atoms with Crippen LogP contribution in [0.1, 0.15) is 74.9 Å². The molecule has 71 heavy (non-hydrogen) atoms. The van der Waals surface area contributed by atoms with Crippen molar-refractivity contribution in [3.63, 3.8) is 0 Å². The van der Waals surface area contributed by atoms with E-state index < -0.39 is 5.41 Å². The molecule has 0 bridgehead atoms. The highest BCUT2D eigenvalue weighted by atomic mass is 14.9. The summed E-state index contributed by atoms with van der Waals surface area (Å²) in [7, 11) is 0. The Morgan fingerprint density at radius 3 is 0.901 bits per heavy atom. The molecule has 0 radical (unpaired) electrons. The first kappa shape index (κ1) is 45.3. The molecule has 0 heterocycles. The standard InChI is InChI=1S/C69H60N2/c1-67(2,3)52-42-59(47-26-12-7-13-27-47)65(60(43-52)48-28-14-8-15-29-48)70-55-40-54(69(51-34-20-11-21-35-51)63-38-24-22-36-57(63)58-37-23-25-39-64(58)69)41-56(46-55)71-66-61(49-30-16-9-17-31-49)44-53(68(4,5)6)45-62(66)50-32-18-10-19-33-50/h7-46,70-71H,1-6H3. The summed E-state index contributed by atoms with van der Waals surface area (Å²) in [6, 6.07) is 89.4. The molecule has 0 aliphatic heterocycles. The van der Waals surface area contributed by atoms with Crippen molar-refractivity contribution in [1.82, 2.24) is 0 Å². The Morgan fingerprint density at radius 1 is 0.282 bits per heavy atom. The summed E-state index contributed by atoms with van der Waals surface area (Å²) in [6.07, 6.45) is 0. The molecule has 2 nitrogen and oxygen atoms in total. The number of rotatable bonds is 10. The van der Waals surface area contributed by atoms with Crippen molar-refractivity contribution in [1.29, 1.82) is 0 Å². The van der Waals surface area contributed by atoms with Gasteiger partial charge in [0.1, 0.15) is 0 Å². The zero-order valence-electron chi connectivity index (χ0n) is 41.6. The molecule has 0 spiro atoms. The zero-order chi connectivity index (χ0) is 48.7. The topological polar surface area (TPSA) is 24.1 Å². The summed E-state index contributed by atoms with van der Waals surface area (Å²) >= 11 is 0. The molecule has 2 heteroatoms. The number of hydrogen-bond acceptors (Lipinski definition) is 2. The van der Waals surface area contributed by atoms with Gasteiger partial charge in [-0.05, 0) is 120 Å². The van der Waals surface area contributed by atoms with Crippen molar-refractivity contribution in [2.75, 3.05) is 10.6 Å². The van der Waals surface area contributed by atoms with Crippen LogP contribution in [0.25, 0.3) is 55.6 Å². The van der Waals surface area contributed by atoms with Gasteiger partial charge in [-0.2, -0.15) is 0 Å². The van der Waals surface area contributed by atoms with E-state index >= 15 is 0 Å². The van der Waals surface area contributed by atoms with E-state index in [0.717, 1.165) is 72.8 Å². The first-order chi connectivity index (χ1) is 34.5. The van der Waals surface area contributed by atoms with Crippen LogP contribution in [-0.2, 0) is 16.2 Å². The fraction of sp³-hybridized carbons (Fsp3) is 0.130. The monoisotopic (exact) mass is 916 g/mol. The van der Waals surface area contributed by atoms with Gasteiger partial charge < -0.3 is 10.6 Å². The van der Waals surface area contributed by atoms with Gasteiger partial charge >= 0.3 is 0 Å². The van der Waals surface area contributed by atoms with Crippen molar-refractivity contribution in [3.8, 4) is 55.6 Å². The maximum Gasteiger partial charge on any atom is 0.0715 e. The molecule has 346 valence electrons. The van der Waals surface area contributed by atoms with Crippen molar-refractivity contribution < 1.29 is 0 Å². The van der Waals surface area contributed by atoms with E-state index in [1.165, 1.54) is 38.9 Å². The lowest BCUT2D eigenvalue weighted by Crippen LogP contribution is -2.28. The van der Waals surface area contributed by atoms with Crippen LogP contribution in [0.2, 0.25) is 0 Å². The Morgan fingerprint density at radius 2 is 0.577 bits per heavy atom. The Labute approximate surface area is 420 Å². The van der Waals surface area contributed by atoms with Crippen molar-refractivity contribution in [2.24, 2.45) is 0 Å². The van der Waals surface area contributed by atoms with Gasteiger partial charge in [0.2, 0.25) is 0 Å². The van der Waals surface area contributed by atoms with Gasteiger partial charge in [-0.1, -0.05) is 242 Å². The minimum absolute atomic E-state index is 0.0939. The predicted molar refractivity (Wildman–Crippen MR) is 302 cm³/mol. The molecule has 0 atom stereocenters. The van der Waals surface area contributed by atoms with Gasteiger partial charge in [-0.25, -0.2) is 0 Å². The van der Waals surface area contributed by atoms with Gasteiger partial charge in [0.05, 0.1) is 16.8 Å². The van der Waals surface area contributed by atoms with E-state index in [2.05, 4.69) is 295 Å². The first-order valence-electron chi connectivity index (χ1n) is 25.0. The number of benzene rings is 10. The Hall–Kier alpha value is -8.20. The van der Waals surface area contributed by atoms with Gasteiger partial charge in [-0.3, -0.25) is 0 Å². The predicted octanol–water partition coefficient (Wildman–Crippen LogP) is 18.8. The van der Waals surface area contributed by atoms with Gasteiger partial charge in [0.15, 0.2) is 0 Å². The van der Waals surface area contributed by atoms with Crippen LogP contribution in [0.15, 0.2) is 243 Å². The minimum atomic E-state index is -0.649. The summed E-state index contributed by atoms with van der Waals surface area (Å²) < 4.78 is 0. The number of hydrogen-bond donors (Lipinski definition) is 2. The van der Waals surface area contributed by atoms with E-state index in [-0.39, 0.29) is 10.8 Å². The highest BCUT2D eigenvalue weighted by Crippen LogP contribution is 2.57. The summed E-state index contributed by atoms with van der Waals surface area (Å²) in [5, 5.41) is 8.41. The van der Waals surface area contributed by atoms with Crippen LogP contribution in [0.5, 0.6) is 0 Å². The molecular weight excluding hydrogens is 857 g/mol. The average Bonchev–Trinajstić information content (AvgIpc) is 3.70. The maximum atomic E-state index is 4.21. The Bertz CT molecular complexity index is 3180. The van der Waals surface area contributed by atoms with Crippen LogP contribution in [-0.4, -0.2) is 0 Å². The second-order valence-corrected chi connectivity index (χ2v) is 21.1. The molecule has 11 rings (SSSR count). The highest BCUT2D eigenvalue weighted by molar-refractivity contribution is 5.97. The van der Waals surface area contributed by atoms with E-state index in [0.29, 0.717) is 0 Å². The number of fused-ring (bicyclic) bond motifs is 3. The van der Waals surface area contributed by atoms with Gasteiger partial charge in [0.25, 0.3) is 0 Å². The molecule has 0 unspecified atom stereocenters. The smallest absolute Gasteiger partial charge is 0.0715 e. The van der Waals surface area contributed by atoms with Crippen molar-refractivity contribution in [2.45, 2.75) is 57.8 Å². The summed E-state index contributed by atoms with van der Waals surface area (Å²) in [5.41, 5.74) is 22.5. The van der Waals surface area contributed by atoms with Crippen LogP contribution in [0, 0.1) is 0 Å². The Balaban J connectivity index is 1.23. The van der Waals surface area contributed by atoms with Crippen molar-refractivity contribution in [3.05, 3.63) is 276 Å². The molecule has 2 N–H and O–H groups in total. The van der Waals surface area contributed by atoms with E-state index in [9.17, 15) is 0 Å². The summed E-state index contributed by atoms with van der Waals surface area (Å²) in [6.45, 7) is 13.8. The first-order valence-corrected chi connectivity index (χ1v) is 25.0. The largest absolute Gasteiger partial charge is 0.354 e. The molecule has 0 amide bonds. The fourth-order valence-corrected chi connectivity index (χ4v) is 10.8. The molecule has 0 aromatic heterocycles. The van der Waals surface area contributed by atoms with Gasteiger partial charge in [-0.15, -0.1) is 0 Å². The third-order valence-electron chi connectivity index (χ3n) is 14.4. The highest BCUT2D eigenvalue weighted by Gasteiger charge is 2.46. The lowest BCUT2D eigenvalue weighted by atomic mass is 9.67. The third kappa shape index (κ3) is 8.44. The maximum absolute atomic E-state index is 4.21. The third-order valence-corrected chi connectivity index (χ3v) is 14.4. The second kappa shape index (κ2) is 18.3. The quantitative estimate of drug-likeness (QED) is 0.143. The zero-order valence-corrected chi connectivity index (χ0v) is 41.6. The molecule has 0 fully saturated rings. The molecule has 10 aromatic rings. The lowest BCUT2D eigenvalue weighted by molar-refractivity contribution is 0.590. The Kier molecular flexibility index (Phi) is 11.7. The van der Waals surface area contributed by atoms with E-state index in [1.807, 2.05) is 0 Å². The second-order valence-electron chi connectivity index (χ2n) is 21.1. The normalized spacial score (nSPS) is 12.8. The average molecular weight is 917 g/mol. The molecule has 1 aliphatic carbocycles. The molecular formula is C69H60N2. The molecule has 0 saturated carbocycles. The van der Waals surface area contributed by atoms with E-state index in [1.54, 1.807) is 0 Å². The summed E-state index contributed by atoms with van der Waals surface area (Å²) in [4.78, 5) is 0. The number of anilines is 4. The minimum Gasteiger partial charge on any atom is -0.354 e. The summed E-state index contributed by atoms with van der Waals surface area (Å²) in [5.74, 6) is 0. The SMILES string of the molecule is CC(C)(C)c1cc(-c2ccccc2)c(Nc2cc(Nc3c(-c4ccccc4)cc(C(C)(C)C)cc3-c3ccccc3)cc(C3(c4ccccc4)c4ccccc4-c4ccccc43)c2)c(-c2ccccc2)c1. The van der Waals surface area contributed by atoms with Crippen LogP contribution in [0.3, 0.4) is 0 Å². The van der Waals surface area contributed by atoms with Crippen LogP contribution < -0.4 is 10.6 Å². The molecule has 10 aromatic carbocycles. The fourth-order valence-electron chi connectivity index (χ4n) is 10.8. The van der Waals surface area contributed by atoms with Gasteiger partial charge in [0, 0.05) is 33.6 Å². The van der Waals surface area contributed by atoms with Crippen LogP contribution >= 0.6 is 0 Å². The molecule has 1 aliphatic rings. The number of nitrogens with one attached hydrogen (secondary N) is 2.